The minimum Gasteiger partial charge on any atom is -0.491 e. The molecule has 2 aromatic carbocycles. The lowest BCUT2D eigenvalue weighted by Crippen LogP contribution is -2.48. The van der Waals surface area contributed by atoms with Crippen LogP contribution in [0.5, 0.6) is 17.2 Å². The van der Waals surface area contributed by atoms with E-state index in [1.165, 1.54) is 11.1 Å². The monoisotopic (exact) mass is 426 g/mol. The third-order valence-electron chi connectivity index (χ3n) is 5.94. The molecule has 1 saturated heterocycles. The van der Waals surface area contributed by atoms with Gasteiger partial charge in [0.1, 0.15) is 18.5 Å². The van der Waals surface area contributed by atoms with Crippen LogP contribution in [0.25, 0.3) is 0 Å². The maximum absolute atomic E-state index is 10.4. The highest BCUT2D eigenvalue weighted by atomic mass is 16.7. The van der Waals surface area contributed by atoms with Crippen LogP contribution < -0.4 is 14.2 Å². The quantitative estimate of drug-likeness (QED) is 0.734. The maximum Gasteiger partial charge on any atom is 0.231 e. The van der Waals surface area contributed by atoms with Crippen LogP contribution in [0.3, 0.4) is 0 Å². The van der Waals surface area contributed by atoms with Gasteiger partial charge in [-0.15, -0.1) is 0 Å². The Bertz CT molecular complexity index is 855. The Morgan fingerprint density at radius 2 is 1.61 bits per heavy atom. The first-order valence-electron chi connectivity index (χ1n) is 11.1. The molecule has 4 rings (SSSR count). The third-order valence-corrected chi connectivity index (χ3v) is 5.94. The fourth-order valence-electron chi connectivity index (χ4n) is 4.02. The van der Waals surface area contributed by atoms with E-state index < -0.39 is 6.10 Å². The molecule has 2 heterocycles. The zero-order chi connectivity index (χ0) is 21.8. The van der Waals surface area contributed by atoms with Gasteiger partial charge in [-0.1, -0.05) is 39.0 Å². The van der Waals surface area contributed by atoms with Crippen LogP contribution in [-0.4, -0.2) is 67.1 Å². The summed E-state index contributed by atoms with van der Waals surface area (Å²) in [4.78, 5) is 4.75. The zero-order valence-corrected chi connectivity index (χ0v) is 18.8. The van der Waals surface area contributed by atoms with Gasteiger partial charge in [0.15, 0.2) is 11.5 Å². The Kier molecular flexibility index (Phi) is 6.70. The van der Waals surface area contributed by atoms with Crippen LogP contribution in [0.15, 0.2) is 42.5 Å². The SMILES string of the molecule is CC(C)(C)c1ccc(OC[C@H](O)CN2CCN(Cc3ccc4c(c3)OCO4)CC2)cc1. The normalized spacial score (nSPS) is 18.2. The summed E-state index contributed by atoms with van der Waals surface area (Å²) in [7, 11) is 0. The fourth-order valence-corrected chi connectivity index (χ4v) is 4.02. The maximum atomic E-state index is 10.4. The number of hydrogen-bond donors (Lipinski definition) is 1. The van der Waals surface area contributed by atoms with E-state index in [2.05, 4.69) is 54.8 Å². The number of benzene rings is 2. The standard InChI is InChI=1S/C25H34N2O4/c1-25(2,3)20-5-7-22(8-6-20)29-17-21(28)16-27-12-10-26(11-13-27)15-19-4-9-23-24(14-19)31-18-30-23/h4-9,14,21,28H,10-13,15-18H2,1-3H3/t21-/m1/s1. The van der Waals surface area contributed by atoms with E-state index in [9.17, 15) is 5.11 Å². The molecule has 168 valence electrons. The molecule has 1 fully saturated rings. The molecule has 0 amide bonds. The fraction of sp³-hybridized carbons (Fsp3) is 0.520. The molecule has 6 heteroatoms. The van der Waals surface area contributed by atoms with E-state index in [1.54, 1.807) is 0 Å². The molecule has 6 nitrogen and oxygen atoms in total. The van der Waals surface area contributed by atoms with Crippen molar-refractivity contribution in [3.63, 3.8) is 0 Å². The van der Waals surface area contributed by atoms with Crippen molar-refractivity contribution in [1.82, 2.24) is 9.80 Å². The highest BCUT2D eigenvalue weighted by Crippen LogP contribution is 2.32. The highest BCUT2D eigenvalue weighted by molar-refractivity contribution is 5.44. The number of nitrogens with zero attached hydrogens (tertiary/aromatic N) is 2. The number of aliphatic hydroxyl groups is 1. The molecule has 31 heavy (non-hydrogen) atoms. The van der Waals surface area contributed by atoms with E-state index in [1.807, 2.05) is 18.2 Å². The van der Waals surface area contributed by atoms with Crippen LogP contribution in [0.1, 0.15) is 31.9 Å². The topological polar surface area (TPSA) is 54.4 Å². The summed E-state index contributed by atoms with van der Waals surface area (Å²) < 4.78 is 16.7. The van der Waals surface area contributed by atoms with Crippen molar-refractivity contribution in [3.8, 4) is 17.2 Å². The molecule has 0 aromatic heterocycles. The highest BCUT2D eigenvalue weighted by Gasteiger charge is 2.21. The van der Waals surface area contributed by atoms with Crippen molar-refractivity contribution < 1.29 is 19.3 Å². The van der Waals surface area contributed by atoms with Gasteiger partial charge in [0, 0.05) is 39.3 Å². The second-order valence-electron chi connectivity index (χ2n) is 9.50. The lowest BCUT2D eigenvalue weighted by Gasteiger charge is -2.35. The van der Waals surface area contributed by atoms with E-state index in [-0.39, 0.29) is 5.41 Å². The van der Waals surface area contributed by atoms with Crippen molar-refractivity contribution in [3.05, 3.63) is 53.6 Å². The van der Waals surface area contributed by atoms with Gasteiger partial charge >= 0.3 is 0 Å². The van der Waals surface area contributed by atoms with Crippen LogP contribution in [0.4, 0.5) is 0 Å². The molecule has 2 aromatic rings. The largest absolute Gasteiger partial charge is 0.491 e. The van der Waals surface area contributed by atoms with Crippen molar-refractivity contribution in [2.24, 2.45) is 0 Å². The summed E-state index contributed by atoms with van der Waals surface area (Å²) in [5, 5.41) is 10.4. The summed E-state index contributed by atoms with van der Waals surface area (Å²) >= 11 is 0. The average molecular weight is 427 g/mol. The third kappa shape index (κ3) is 5.91. The Morgan fingerprint density at radius 3 is 2.32 bits per heavy atom. The van der Waals surface area contributed by atoms with Crippen molar-refractivity contribution in [2.75, 3.05) is 46.1 Å². The molecule has 0 aliphatic carbocycles. The number of ether oxygens (including phenoxy) is 3. The lowest BCUT2D eigenvalue weighted by atomic mass is 9.87. The van der Waals surface area contributed by atoms with Gasteiger partial charge in [-0.25, -0.2) is 0 Å². The predicted molar refractivity (Wildman–Crippen MR) is 121 cm³/mol. The van der Waals surface area contributed by atoms with Crippen LogP contribution in [0.2, 0.25) is 0 Å². The molecule has 2 aliphatic rings. The Hall–Kier alpha value is -2.28. The van der Waals surface area contributed by atoms with Crippen LogP contribution in [0, 0.1) is 0 Å². The smallest absolute Gasteiger partial charge is 0.231 e. The van der Waals surface area contributed by atoms with Crippen LogP contribution >= 0.6 is 0 Å². The van der Waals surface area contributed by atoms with Crippen molar-refractivity contribution in [1.29, 1.82) is 0 Å². The molecule has 0 spiro atoms. The molecular formula is C25H34N2O4. The summed E-state index contributed by atoms with van der Waals surface area (Å²) in [6.45, 7) is 12.6. The number of hydrogen-bond acceptors (Lipinski definition) is 6. The molecule has 1 atom stereocenters. The summed E-state index contributed by atoms with van der Waals surface area (Å²) in [5.74, 6) is 2.47. The number of rotatable bonds is 7. The van der Waals surface area contributed by atoms with Gasteiger partial charge in [0.25, 0.3) is 0 Å². The van der Waals surface area contributed by atoms with E-state index in [0.29, 0.717) is 19.9 Å². The Morgan fingerprint density at radius 1 is 0.935 bits per heavy atom. The first-order valence-corrected chi connectivity index (χ1v) is 11.1. The minimum absolute atomic E-state index is 0.128. The summed E-state index contributed by atoms with van der Waals surface area (Å²) in [5.41, 5.74) is 2.64. The van der Waals surface area contributed by atoms with E-state index in [4.69, 9.17) is 14.2 Å². The number of fused-ring (bicyclic) bond motifs is 1. The van der Waals surface area contributed by atoms with Crippen molar-refractivity contribution >= 4 is 0 Å². The molecule has 0 saturated carbocycles. The first kappa shape index (κ1) is 21.9. The summed E-state index contributed by atoms with van der Waals surface area (Å²) in [6.07, 6.45) is -0.497. The molecule has 0 radical (unpaired) electrons. The minimum atomic E-state index is -0.497. The zero-order valence-electron chi connectivity index (χ0n) is 18.8. The van der Waals surface area contributed by atoms with Gasteiger partial charge in [0.05, 0.1) is 0 Å². The van der Waals surface area contributed by atoms with Crippen molar-refractivity contribution in [2.45, 2.75) is 38.8 Å². The number of aliphatic hydroxyl groups excluding tert-OH is 1. The average Bonchev–Trinajstić information content (AvgIpc) is 3.21. The second-order valence-corrected chi connectivity index (χ2v) is 9.50. The van der Waals surface area contributed by atoms with Gasteiger partial charge in [-0.3, -0.25) is 9.80 Å². The van der Waals surface area contributed by atoms with Gasteiger partial charge in [0.2, 0.25) is 6.79 Å². The predicted octanol–water partition coefficient (Wildman–Crippen LogP) is 3.27. The Labute approximate surface area is 185 Å². The molecule has 2 aliphatic heterocycles. The van der Waals surface area contributed by atoms with Crippen LogP contribution in [-0.2, 0) is 12.0 Å². The lowest BCUT2D eigenvalue weighted by molar-refractivity contribution is 0.0446. The molecule has 0 bridgehead atoms. The van der Waals surface area contributed by atoms with E-state index >= 15 is 0 Å². The number of β-amino-alcohol motifs (C(OH)–C–C–N with tert-alkyl or cyclic N) is 1. The van der Waals surface area contributed by atoms with Gasteiger partial charge in [-0.05, 0) is 40.8 Å². The van der Waals surface area contributed by atoms with E-state index in [0.717, 1.165) is 50.0 Å². The second kappa shape index (κ2) is 9.47. The first-order chi connectivity index (χ1) is 14.9. The van der Waals surface area contributed by atoms with Gasteiger partial charge < -0.3 is 19.3 Å². The number of piperazine rings is 1. The molecule has 1 N–H and O–H groups in total. The molecular weight excluding hydrogens is 392 g/mol. The summed E-state index contributed by atoms with van der Waals surface area (Å²) in [6, 6.07) is 14.3. The molecule has 0 unspecified atom stereocenters. The Balaban J connectivity index is 1.17. The van der Waals surface area contributed by atoms with Gasteiger partial charge in [-0.2, -0.15) is 0 Å².